The van der Waals surface area contributed by atoms with Crippen molar-refractivity contribution in [3.8, 4) is 0 Å². The van der Waals surface area contributed by atoms with Crippen LogP contribution in [0.5, 0.6) is 0 Å². The normalized spacial score (nSPS) is 12.0. The van der Waals surface area contributed by atoms with E-state index < -0.39 is 16.5 Å². The van der Waals surface area contributed by atoms with Crippen LogP contribution in [-0.2, 0) is 15.5 Å². The first-order valence-electron chi connectivity index (χ1n) is 4.71. The Morgan fingerprint density at radius 3 is 2.12 bits per heavy atom. The highest BCUT2D eigenvalue weighted by atomic mass is 35.7. The molecule has 0 bridgehead atoms. The zero-order valence-electron chi connectivity index (χ0n) is 8.37. The zero-order chi connectivity index (χ0) is 12.2. The molecule has 0 radical (unpaired) electrons. The fourth-order valence-electron chi connectivity index (χ4n) is 1.28. The summed E-state index contributed by atoms with van der Waals surface area (Å²) in [6.07, 6.45) is 1.78. The van der Waals surface area contributed by atoms with Gasteiger partial charge in [0.25, 0.3) is 9.05 Å². The van der Waals surface area contributed by atoms with Crippen LogP contribution in [0.15, 0.2) is 29.2 Å². The highest BCUT2D eigenvalue weighted by molar-refractivity contribution is 8.13. The fraction of sp³-hybridized carbons (Fsp3) is 0.333. The number of rotatable bonds is 5. The van der Waals surface area contributed by atoms with Crippen LogP contribution >= 0.6 is 32.8 Å². The molecular formula is C9H11Cl3O2SSi. The van der Waals surface area contributed by atoms with Crippen molar-refractivity contribution in [2.45, 2.75) is 23.8 Å². The lowest BCUT2D eigenvalue weighted by atomic mass is 10.1. The summed E-state index contributed by atoms with van der Waals surface area (Å²) in [5.41, 5.74) is 1.06. The average Bonchev–Trinajstić information content (AvgIpc) is 2.16. The third-order valence-corrected chi connectivity index (χ3v) is 5.62. The third kappa shape index (κ3) is 5.06. The van der Waals surface area contributed by atoms with Gasteiger partial charge in [0.15, 0.2) is 0 Å². The number of halogens is 3. The van der Waals surface area contributed by atoms with Crippen LogP contribution in [0, 0.1) is 0 Å². The second-order valence-electron chi connectivity index (χ2n) is 3.37. The van der Waals surface area contributed by atoms with Crippen molar-refractivity contribution in [3.63, 3.8) is 0 Å². The van der Waals surface area contributed by atoms with E-state index in [0.717, 1.165) is 24.4 Å². The number of aryl methyl sites for hydroxylation is 1. The minimum Gasteiger partial charge on any atom is -0.207 e. The number of hydrogen-bond donors (Lipinski definition) is 0. The van der Waals surface area contributed by atoms with Gasteiger partial charge in [0.1, 0.15) is 0 Å². The van der Waals surface area contributed by atoms with Gasteiger partial charge in [-0.05, 0) is 36.6 Å². The summed E-state index contributed by atoms with van der Waals surface area (Å²) in [6.45, 7) is 0. The van der Waals surface area contributed by atoms with E-state index in [0.29, 0.717) is 0 Å². The summed E-state index contributed by atoms with van der Waals surface area (Å²) >= 11 is 11.5. The number of benzene rings is 1. The van der Waals surface area contributed by atoms with E-state index in [4.69, 9.17) is 32.8 Å². The van der Waals surface area contributed by atoms with Crippen LogP contribution in [0.3, 0.4) is 0 Å². The minimum absolute atomic E-state index is 0.125. The maximum absolute atomic E-state index is 11.0. The molecule has 0 aliphatic carbocycles. The van der Waals surface area contributed by atoms with E-state index in [1.165, 1.54) is 12.1 Å². The van der Waals surface area contributed by atoms with Crippen molar-refractivity contribution in [2.75, 3.05) is 0 Å². The molecule has 0 amide bonds. The van der Waals surface area contributed by atoms with Gasteiger partial charge in [0, 0.05) is 10.7 Å². The molecule has 7 heteroatoms. The zero-order valence-corrected chi connectivity index (χ0v) is 12.6. The molecule has 2 nitrogen and oxygen atoms in total. The van der Waals surface area contributed by atoms with E-state index in [2.05, 4.69) is 0 Å². The second kappa shape index (κ2) is 6.26. The lowest BCUT2D eigenvalue weighted by Crippen LogP contribution is -1.95. The van der Waals surface area contributed by atoms with Gasteiger partial charge in [-0.3, -0.25) is 0 Å². The Hall–Kier alpha value is 0.257. The van der Waals surface area contributed by atoms with E-state index in [1.54, 1.807) is 12.1 Å². The van der Waals surface area contributed by atoms with Crippen molar-refractivity contribution < 1.29 is 8.42 Å². The Labute approximate surface area is 111 Å². The van der Waals surface area contributed by atoms with Crippen molar-refractivity contribution in [1.82, 2.24) is 0 Å². The standard InChI is InChI=1S/C9H11Cl3O2SSi/c10-15(13,14)9-5-3-8(4-6-9)2-1-7-16(11)12/h3-6,16H,1-2,7H2. The van der Waals surface area contributed by atoms with Crippen molar-refractivity contribution >= 4 is 49.3 Å². The molecule has 90 valence electrons. The van der Waals surface area contributed by atoms with E-state index >= 15 is 0 Å². The Bertz CT molecular complexity index is 431. The van der Waals surface area contributed by atoms with Gasteiger partial charge in [-0.25, -0.2) is 8.42 Å². The SMILES string of the molecule is O=S(=O)(Cl)c1ccc(CCC[SiH](Cl)Cl)cc1. The predicted octanol–water partition coefficient (Wildman–Crippen LogP) is 3.24. The first-order chi connectivity index (χ1) is 7.39. The molecule has 0 saturated heterocycles. The lowest BCUT2D eigenvalue weighted by Gasteiger charge is -2.02. The topological polar surface area (TPSA) is 34.1 Å². The van der Waals surface area contributed by atoms with E-state index in [9.17, 15) is 8.42 Å². The van der Waals surface area contributed by atoms with Gasteiger partial charge in [-0.2, -0.15) is 22.2 Å². The highest BCUT2D eigenvalue weighted by Crippen LogP contribution is 2.17. The molecule has 0 aliphatic rings. The van der Waals surface area contributed by atoms with Crippen LogP contribution in [-0.4, -0.2) is 15.8 Å². The summed E-state index contributed by atoms with van der Waals surface area (Å²) in [4.78, 5) is 0.125. The van der Waals surface area contributed by atoms with Gasteiger partial charge in [-0.15, -0.1) is 0 Å². The highest BCUT2D eigenvalue weighted by Gasteiger charge is 2.09. The van der Waals surface area contributed by atoms with Crippen LogP contribution in [0.1, 0.15) is 12.0 Å². The maximum Gasteiger partial charge on any atom is 0.261 e. The molecule has 0 spiro atoms. The summed E-state index contributed by atoms with van der Waals surface area (Å²) in [5, 5.41) is 0. The monoisotopic (exact) mass is 316 g/mol. The van der Waals surface area contributed by atoms with Crippen LogP contribution < -0.4 is 0 Å². The number of hydrogen-bond acceptors (Lipinski definition) is 2. The summed E-state index contributed by atoms with van der Waals surface area (Å²) in [5.74, 6) is 0. The first kappa shape index (κ1) is 14.3. The quantitative estimate of drug-likeness (QED) is 0.474. The predicted molar refractivity (Wildman–Crippen MR) is 71.5 cm³/mol. The van der Waals surface area contributed by atoms with Crippen LogP contribution in [0.2, 0.25) is 6.04 Å². The van der Waals surface area contributed by atoms with Crippen LogP contribution in [0.25, 0.3) is 0 Å². The lowest BCUT2D eigenvalue weighted by molar-refractivity contribution is 0.609. The van der Waals surface area contributed by atoms with Gasteiger partial charge in [0.2, 0.25) is 7.42 Å². The van der Waals surface area contributed by atoms with Gasteiger partial charge < -0.3 is 0 Å². The van der Waals surface area contributed by atoms with Crippen LogP contribution in [0.4, 0.5) is 0 Å². The molecule has 1 aromatic carbocycles. The Morgan fingerprint density at radius 1 is 1.12 bits per heavy atom. The summed E-state index contributed by atoms with van der Waals surface area (Å²) in [7, 11) is 0.0615. The van der Waals surface area contributed by atoms with Gasteiger partial charge in [-0.1, -0.05) is 12.1 Å². The largest absolute Gasteiger partial charge is 0.261 e. The average molecular weight is 318 g/mol. The first-order valence-corrected chi connectivity index (χ1v) is 11.3. The second-order valence-corrected chi connectivity index (χ2v) is 11.1. The third-order valence-electron chi connectivity index (χ3n) is 2.09. The van der Waals surface area contributed by atoms with Gasteiger partial charge in [0.05, 0.1) is 4.90 Å². The molecule has 0 fully saturated rings. The van der Waals surface area contributed by atoms with Gasteiger partial charge >= 0.3 is 0 Å². The Kier molecular flexibility index (Phi) is 5.60. The molecule has 1 rings (SSSR count). The molecule has 1 aromatic rings. The summed E-state index contributed by atoms with van der Waals surface area (Å²) in [6, 6.07) is 7.39. The molecule has 16 heavy (non-hydrogen) atoms. The molecule has 0 saturated carbocycles. The van der Waals surface area contributed by atoms with Crippen molar-refractivity contribution in [2.24, 2.45) is 0 Å². The molecule has 0 aliphatic heterocycles. The minimum atomic E-state index is -3.62. The molecule has 0 N–H and O–H groups in total. The molecule has 0 atom stereocenters. The molecule has 0 unspecified atom stereocenters. The maximum atomic E-state index is 11.0. The molecular weight excluding hydrogens is 307 g/mol. The fourth-order valence-corrected chi connectivity index (χ4v) is 3.49. The van der Waals surface area contributed by atoms with Crippen molar-refractivity contribution in [3.05, 3.63) is 29.8 Å². The molecule has 0 heterocycles. The van der Waals surface area contributed by atoms with Crippen molar-refractivity contribution in [1.29, 1.82) is 0 Å². The van der Waals surface area contributed by atoms with E-state index in [-0.39, 0.29) is 4.90 Å². The smallest absolute Gasteiger partial charge is 0.207 e. The Balaban J connectivity index is 2.59. The van der Waals surface area contributed by atoms with E-state index in [1.807, 2.05) is 0 Å². The molecule has 0 aromatic heterocycles. The Morgan fingerprint density at radius 2 is 1.69 bits per heavy atom. The summed E-state index contributed by atoms with van der Waals surface area (Å²) < 4.78 is 22.0.